The maximum atomic E-state index is 12.3. The van der Waals surface area contributed by atoms with E-state index in [1.54, 1.807) is 10.9 Å². The molecule has 0 aliphatic carbocycles. The van der Waals surface area contributed by atoms with E-state index in [0.29, 0.717) is 36.1 Å². The first-order valence-electron chi connectivity index (χ1n) is 8.99. The molecule has 1 amide bonds. The Balaban J connectivity index is 1.46. The fourth-order valence-electron chi connectivity index (χ4n) is 2.72. The number of hydrogen-bond acceptors (Lipinski definition) is 7. The molecule has 9 heteroatoms. The number of rotatable bonds is 7. The van der Waals surface area contributed by atoms with E-state index < -0.39 is 0 Å². The van der Waals surface area contributed by atoms with Gasteiger partial charge in [-0.1, -0.05) is 6.07 Å². The summed E-state index contributed by atoms with van der Waals surface area (Å²) in [5.74, 6) is 1.83. The Morgan fingerprint density at radius 1 is 1.00 bits per heavy atom. The summed E-state index contributed by atoms with van der Waals surface area (Å²) in [6.07, 6.45) is 1.79. The molecule has 0 saturated heterocycles. The van der Waals surface area contributed by atoms with Crippen molar-refractivity contribution in [1.29, 1.82) is 0 Å². The molecule has 3 rings (SSSR count). The molecule has 0 saturated carbocycles. The van der Waals surface area contributed by atoms with Gasteiger partial charge in [0.05, 0.1) is 11.3 Å². The summed E-state index contributed by atoms with van der Waals surface area (Å²) in [7, 11) is 1.83. The van der Waals surface area contributed by atoms with Crippen LogP contribution < -0.4 is 16.0 Å². The second kappa shape index (κ2) is 8.47. The summed E-state index contributed by atoms with van der Waals surface area (Å²) in [6, 6.07) is 7.50. The highest BCUT2D eigenvalue weighted by Crippen LogP contribution is 2.13. The van der Waals surface area contributed by atoms with Crippen LogP contribution in [0.2, 0.25) is 0 Å². The third-order valence-corrected chi connectivity index (χ3v) is 4.28. The number of aryl methyl sites for hydroxylation is 3. The van der Waals surface area contributed by atoms with Crippen LogP contribution in [-0.2, 0) is 7.05 Å². The lowest BCUT2D eigenvalue weighted by Gasteiger charge is -2.08. The number of anilines is 3. The van der Waals surface area contributed by atoms with Crippen LogP contribution in [0, 0.1) is 20.8 Å². The van der Waals surface area contributed by atoms with E-state index in [1.807, 2.05) is 52.1 Å². The fourth-order valence-corrected chi connectivity index (χ4v) is 2.72. The number of pyridine rings is 1. The van der Waals surface area contributed by atoms with Gasteiger partial charge in [0.15, 0.2) is 5.82 Å². The Morgan fingerprint density at radius 3 is 2.32 bits per heavy atom. The van der Waals surface area contributed by atoms with Crippen molar-refractivity contribution < 1.29 is 4.79 Å². The number of nitrogens with one attached hydrogen (secondary N) is 3. The molecule has 9 nitrogen and oxygen atoms in total. The van der Waals surface area contributed by atoms with Crippen molar-refractivity contribution in [1.82, 2.24) is 30.3 Å². The molecule has 0 bridgehead atoms. The first-order valence-corrected chi connectivity index (χ1v) is 8.99. The number of amides is 1. The lowest BCUT2D eigenvalue weighted by atomic mass is 10.2. The van der Waals surface area contributed by atoms with Gasteiger partial charge in [-0.15, -0.1) is 10.2 Å². The first-order chi connectivity index (χ1) is 13.4. The predicted molar refractivity (Wildman–Crippen MR) is 108 cm³/mol. The van der Waals surface area contributed by atoms with Crippen LogP contribution in [0.1, 0.15) is 27.3 Å². The Bertz CT molecular complexity index is 947. The second-order valence-electron chi connectivity index (χ2n) is 6.50. The van der Waals surface area contributed by atoms with Crippen LogP contribution >= 0.6 is 0 Å². The van der Waals surface area contributed by atoms with E-state index in [2.05, 4.69) is 36.2 Å². The van der Waals surface area contributed by atoms with Gasteiger partial charge in [0, 0.05) is 32.0 Å². The van der Waals surface area contributed by atoms with Gasteiger partial charge in [0.2, 0.25) is 0 Å². The summed E-state index contributed by atoms with van der Waals surface area (Å²) < 4.78 is 1.71. The SMILES string of the molecule is Cc1ccc(Nc2ccc(NCCNC(=O)c3c(C)nn(C)c3C)nn2)nc1. The fraction of sp³-hybridized carbons (Fsp3) is 0.316. The van der Waals surface area contributed by atoms with Gasteiger partial charge < -0.3 is 16.0 Å². The zero-order valence-electron chi connectivity index (χ0n) is 16.4. The van der Waals surface area contributed by atoms with Gasteiger partial charge in [0.1, 0.15) is 11.6 Å². The van der Waals surface area contributed by atoms with Crippen molar-refractivity contribution in [2.45, 2.75) is 20.8 Å². The number of carbonyl (C=O) groups is 1. The van der Waals surface area contributed by atoms with E-state index in [1.165, 1.54) is 0 Å². The van der Waals surface area contributed by atoms with Crippen molar-refractivity contribution in [2.24, 2.45) is 7.05 Å². The minimum atomic E-state index is -0.124. The maximum absolute atomic E-state index is 12.3. The van der Waals surface area contributed by atoms with Gasteiger partial charge in [-0.25, -0.2) is 4.98 Å². The average Bonchev–Trinajstić information content (AvgIpc) is 2.93. The Kier molecular flexibility index (Phi) is 5.83. The van der Waals surface area contributed by atoms with Crippen molar-refractivity contribution >= 4 is 23.4 Å². The van der Waals surface area contributed by atoms with Crippen molar-refractivity contribution in [2.75, 3.05) is 23.7 Å². The van der Waals surface area contributed by atoms with Gasteiger partial charge >= 0.3 is 0 Å². The highest BCUT2D eigenvalue weighted by molar-refractivity contribution is 5.96. The van der Waals surface area contributed by atoms with Gasteiger partial charge in [-0.2, -0.15) is 5.10 Å². The summed E-state index contributed by atoms with van der Waals surface area (Å²) in [5.41, 5.74) is 3.29. The topological polar surface area (TPSA) is 110 Å². The molecular formula is C19H24N8O. The second-order valence-corrected chi connectivity index (χ2v) is 6.50. The lowest BCUT2D eigenvalue weighted by Crippen LogP contribution is -2.29. The summed E-state index contributed by atoms with van der Waals surface area (Å²) in [4.78, 5) is 16.6. The third kappa shape index (κ3) is 4.61. The van der Waals surface area contributed by atoms with Crippen LogP contribution in [-0.4, -0.2) is 44.0 Å². The average molecular weight is 380 g/mol. The highest BCUT2D eigenvalue weighted by Gasteiger charge is 2.16. The molecule has 28 heavy (non-hydrogen) atoms. The van der Waals surface area contributed by atoms with E-state index in [-0.39, 0.29) is 5.91 Å². The molecule has 3 aromatic rings. The number of nitrogens with zero attached hydrogens (tertiary/aromatic N) is 5. The maximum Gasteiger partial charge on any atom is 0.255 e. The molecule has 146 valence electrons. The standard InChI is InChI=1S/C19H24N8O/c1-12-5-6-15(22-11-12)23-17-8-7-16(24-25-17)20-9-10-21-19(28)18-13(2)26-27(4)14(18)3/h5-8,11H,9-10H2,1-4H3,(H,20,24)(H,21,28)(H,22,23,25). The third-order valence-electron chi connectivity index (χ3n) is 4.28. The van der Waals surface area contributed by atoms with E-state index in [0.717, 1.165) is 17.0 Å². The van der Waals surface area contributed by atoms with Crippen molar-refractivity contribution in [3.05, 3.63) is 53.0 Å². The van der Waals surface area contributed by atoms with Crippen LogP contribution in [0.25, 0.3) is 0 Å². The van der Waals surface area contributed by atoms with E-state index in [9.17, 15) is 4.79 Å². The number of carbonyl (C=O) groups excluding carboxylic acids is 1. The molecule has 3 aromatic heterocycles. The van der Waals surface area contributed by atoms with Gasteiger partial charge in [0.25, 0.3) is 5.91 Å². The molecule has 0 fully saturated rings. The normalized spacial score (nSPS) is 10.6. The van der Waals surface area contributed by atoms with Crippen molar-refractivity contribution in [3.63, 3.8) is 0 Å². The van der Waals surface area contributed by atoms with Gasteiger partial charge in [-0.05, 0) is 44.5 Å². The molecule has 3 heterocycles. The smallest absolute Gasteiger partial charge is 0.255 e. The first kappa shape index (κ1) is 19.3. The molecule has 0 radical (unpaired) electrons. The monoisotopic (exact) mass is 380 g/mol. The molecule has 0 aromatic carbocycles. The molecule has 0 atom stereocenters. The molecule has 3 N–H and O–H groups in total. The summed E-state index contributed by atoms with van der Waals surface area (Å²) in [6.45, 7) is 6.69. The molecule has 0 aliphatic heterocycles. The molecule has 0 unspecified atom stereocenters. The zero-order chi connectivity index (χ0) is 20.1. The lowest BCUT2D eigenvalue weighted by molar-refractivity contribution is 0.0954. The Hall–Kier alpha value is -3.49. The minimum absolute atomic E-state index is 0.124. The molecular weight excluding hydrogens is 356 g/mol. The van der Waals surface area contributed by atoms with Crippen LogP contribution in [0.3, 0.4) is 0 Å². The summed E-state index contributed by atoms with van der Waals surface area (Å²) >= 11 is 0. The Labute approximate surface area is 163 Å². The van der Waals surface area contributed by atoms with Crippen molar-refractivity contribution in [3.8, 4) is 0 Å². The molecule has 0 aliphatic rings. The zero-order valence-corrected chi connectivity index (χ0v) is 16.4. The van der Waals surface area contributed by atoms with Crippen LogP contribution in [0.5, 0.6) is 0 Å². The van der Waals surface area contributed by atoms with E-state index in [4.69, 9.17) is 0 Å². The largest absolute Gasteiger partial charge is 0.367 e. The van der Waals surface area contributed by atoms with Crippen LogP contribution in [0.4, 0.5) is 17.5 Å². The highest BCUT2D eigenvalue weighted by atomic mass is 16.1. The summed E-state index contributed by atoms with van der Waals surface area (Å²) in [5, 5.41) is 21.6. The minimum Gasteiger partial charge on any atom is -0.367 e. The van der Waals surface area contributed by atoms with Crippen LogP contribution in [0.15, 0.2) is 30.5 Å². The predicted octanol–water partition coefficient (Wildman–Crippen LogP) is 2.12. The van der Waals surface area contributed by atoms with Gasteiger partial charge in [-0.3, -0.25) is 9.48 Å². The van der Waals surface area contributed by atoms with E-state index >= 15 is 0 Å². The number of aromatic nitrogens is 5. The Morgan fingerprint density at radius 2 is 1.71 bits per heavy atom. The number of hydrogen-bond donors (Lipinski definition) is 3. The quantitative estimate of drug-likeness (QED) is 0.539. The molecule has 0 spiro atoms.